The van der Waals surface area contributed by atoms with Crippen LogP contribution in [0.25, 0.3) is 6.08 Å². The molecule has 0 spiro atoms. The van der Waals surface area contributed by atoms with Crippen LogP contribution in [0.5, 0.6) is 5.75 Å². The van der Waals surface area contributed by atoms with Gasteiger partial charge in [-0.3, -0.25) is 4.79 Å². The van der Waals surface area contributed by atoms with E-state index in [2.05, 4.69) is 5.32 Å². The molecule has 4 nitrogen and oxygen atoms in total. The smallest absolute Gasteiger partial charge is 0.262 e. The molecule has 0 aliphatic carbocycles. The minimum absolute atomic E-state index is 0.0675. The SMILES string of the molecule is COc1ccc(C=C(C#N)C(=O)NC(C)c2ccccc2)cc1. The summed E-state index contributed by atoms with van der Waals surface area (Å²) in [7, 11) is 1.59. The highest BCUT2D eigenvalue weighted by Crippen LogP contribution is 2.15. The van der Waals surface area contributed by atoms with Crippen LogP contribution in [0.1, 0.15) is 24.1 Å². The number of amides is 1. The Morgan fingerprint density at radius 3 is 2.39 bits per heavy atom. The fourth-order valence-electron chi connectivity index (χ4n) is 2.11. The zero-order valence-corrected chi connectivity index (χ0v) is 13.1. The molecule has 1 unspecified atom stereocenters. The van der Waals surface area contributed by atoms with Gasteiger partial charge >= 0.3 is 0 Å². The number of carbonyl (C=O) groups is 1. The molecule has 0 aliphatic heterocycles. The van der Waals surface area contributed by atoms with E-state index in [-0.39, 0.29) is 17.5 Å². The first kappa shape index (κ1) is 16.3. The first-order valence-corrected chi connectivity index (χ1v) is 7.25. The van der Waals surface area contributed by atoms with Gasteiger partial charge < -0.3 is 10.1 Å². The number of nitrogens with one attached hydrogen (secondary N) is 1. The van der Waals surface area contributed by atoms with Crippen LogP contribution >= 0.6 is 0 Å². The van der Waals surface area contributed by atoms with Crippen LogP contribution in [0.2, 0.25) is 0 Å². The second kappa shape index (κ2) is 7.81. The number of hydrogen-bond donors (Lipinski definition) is 1. The van der Waals surface area contributed by atoms with Crippen LogP contribution in [0.4, 0.5) is 0 Å². The van der Waals surface area contributed by atoms with E-state index in [1.807, 2.05) is 43.3 Å². The van der Waals surface area contributed by atoms with Crippen molar-refractivity contribution in [1.82, 2.24) is 5.32 Å². The molecular weight excluding hydrogens is 288 g/mol. The lowest BCUT2D eigenvalue weighted by Crippen LogP contribution is -2.27. The Morgan fingerprint density at radius 1 is 1.17 bits per heavy atom. The van der Waals surface area contributed by atoms with Crippen molar-refractivity contribution in [3.05, 3.63) is 71.3 Å². The van der Waals surface area contributed by atoms with E-state index >= 15 is 0 Å². The lowest BCUT2D eigenvalue weighted by Gasteiger charge is -2.13. The summed E-state index contributed by atoms with van der Waals surface area (Å²) in [5, 5.41) is 12.1. The van der Waals surface area contributed by atoms with Crippen molar-refractivity contribution >= 4 is 12.0 Å². The summed E-state index contributed by atoms with van der Waals surface area (Å²) < 4.78 is 5.08. The van der Waals surface area contributed by atoms with Crippen molar-refractivity contribution in [1.29, 1.82) is 5.26 Å². The predicted molar refractivity (Wildman–Crippen MR) is 89.6 cm³/mol. The molecule has 2 aromatic rings. The quantitative estimate of drug-likeness (QED) is 0.679. The molecule has 0 saturated carbocycles. The third kappa shape index (κ3) is 4.45. The van der Waals surface area contributed by atoms with Crippen LogP contribution < -0.4 is 10.1 Å². The highest BCUT2D eigenvalue weighted by atomic mass is 16.5. The molecule has 1 atom stereocenters. The van der Waals surface area contributed by atoms with E-state index < -0.39 is 0 Å². The van der Waals surface area contributed by atoms with Gasteiger partial charge in [-0.2, -0.15) is 5.26 Å². The monoisotopic (exact) mass is 306 g/mol. The van der Waals surface area contributed by atoms with Crippen LogP contribution in [0.15, 0.2) is 60.2 Å². The Morgan fingerprint density at radius 2 is 1.83 bits per heavy atom. The molecule has 0 heterocycles. The summed E-state index contributed by atoms with van der Waals surface area (Å²) in [4.78, 5) is 12.3. The Bertz CT molecular complexity index is 728. The van der Waals surface area contributed by atoms with E-state index in [1.54, 1.807) is 37.5 Å². The first-order valence-electron chi connectivity index (χ1n) is 7.25. The number of benzene rings is 2. The maximum absolute atomic E-state index is 12.3. The highest BCUT2D eigenvalue weighted by Gasteiger charge is 2.13. The molecule has 23 heavy (non-hydrogen) atoms. The number of rotatable bonds is 5. The minimum Gasteiger partial charge on any atom is -0.497 e. The maximum Gasteiger partial charge on any atom is 0.262 e. The van der Waals surface area contributed by atoms with E-state index in [0.29, 0.717) is 0 Å². The molecule has 0 radical (unpaired) electrons. The fraction of sp³-hybridized carbons (Fsp3) is 0.158. The van der Waals surface area contributed by atoms with E-state index in [0.717, 1.165) is 16.9 Å². The molecule has 0 bridgehead atoms. The summed E-state index contributed by atoms with van der Waals surface area (Å²) in [6.45, 7) is 1.88. The molecular formula is C19H18N2O2. The van der Waals surface area contributed by atoms with Gasteiger partial charge in [0.15, 0.2) is 0 Å². The molecule has 0 aromatic heterocycles. The van der Waals surface area contributed by atoms with E-state index in [9.17, 15) is 10.1 Å². The Balaban J connectivity index is 2.11. The molecule has 116 valence electrons. The van der Waals surface area contributed by atoms with Crippen molar-refractivity contribution in [3.8, 4) is 11.8 Å². The number of ether oxygens (including phenoxy) is 1. The second-order valence-corrected chi connectivity index (χ2v) is 5.05. The minimum atomic E-state index is -0.389. The summed E-state index contributed by atoms with van der Waals surface area (Å²) in [5.74, 6) is 0.336. The normalized spacial score (nSPS) is 12.1. The number of carbonyl (C=O) groups excluding carboxylic acids is 1. The molecule has 0 aliphatic rings. The van der Waals surface area contributed by atoms with Crippen LogP contribution in [-0.2, 0) is 4.79 Å². The lowest BCUT2D eigenvalue weighted by molar-refractivity contribution is -0.117. The fourth-order valence-corrected chi connectivity index (χ4v) is 2.11. The molecule has 2 rings (SSSR count). The standard InChI is InChI=1S/C19H18N2O2/c1-14(16-6-4-3-5-7-16)21-19(22)17(13-20)12-15-8-10-18(23-2)11-9-15/h3-12,14H,1-2H3,(H,21,22). The third-order valence-electron chi connectivity index (χ3n) is 3.44. The molecule has 0 fully saturated rings. The molecule has 0 saturated heterocycles. The van der Waals surface area contributed by atoms with Gasteiger partial charge in [-0.15, -0.1) is 0 Å². The summed E-state index contributed by atoms with van der Waals surface area (Å²) in [5.41, 5.74) is 1.82. The second-order valence-electron chi connectivity index (χ2n) is 5.05. The van der Waals surface area contributed by atoms with E-state index in [1.165, 1.54) is 0 Å². The zero-order valence-electron chi connectivity index (χ0n) is 13.1. The summed E-state index contributed by atoms with van der Waals surface area (Å²) in [6.07, 6.45) is 1.56. The van der Waals surface area contributed by atoms with Crippen LogP contribution in [0, 0.1) is 11.3 Å². The zero-order chi connectivity index (χ0) is 16.7. The average molecular weight is 306 g/mol. The van der Waals surface area contributed by atoms with Gasteiger partial charge in [-0.25, -0.2) is 0 Å². The van der Waals surface area contributed by atoms with Crippen molar-refractivity contribution < 1.29 is 9.53 Å². The van der Waals surface area contributed by atoms with Crippen molar-refractivity contribution in [2.24, 2.45) is 0 Å². The predicted octanol–water partition coefficient (Wildman–Crippen LogP) is 3.48. The van der Waals surface area contributed by atoms with Gasteiger partial charge in [-0.1, -0.05) is 42.5 Å². The van der Waals surface area contributed by atoms with Crippen molar-refractivity contribution in [2.75, 3.05) is 7.11 Å². The average Bonchev–Trinajstić information content (AvgIpc) is 2.60. The summed E-state index contributed by atoms with van der Waals surface area (Å²) >= 11 is 0. The summed E-state index contributed by atoms with van der Waals surface area (Å²) in [6, 6.07) is 18.6. The largest absolute Gasteiger partial charge is 0.497 e. The maximum atomic E-state index is 12.3. The molecule has 2 aromatic carbocycles. The van der Waals surface area contributed by atoms with Gasteiger partial charge in [0.2, 0.25) is 0 Å². The molecule has 1 N–H and O–H groups in total. The lowest BCUT2D eigenvalue weighted by atomic mass is 10.1. The number of methoxy groups -OCH3 is 1. The molecule has 1 amide bonds. The highest BCUT2D eigenvalue weighted by molar-refractivity contribution is 6.01. The van der Waals surface area contributed by atoms with Gasteiger partial charge in [-0.05, 0) is 36.3 Å². The first-order chi connectivity index (χ1) is 11.1. The van der Waals surface area contributed by atoms with Crippen LogP contribution in [0.3, 0.4) is 0 Å². The topological polar surface area (TPSA) is 62.1 Å². The Kier molecular flexibility index (Phi) is 5.54. The van der Waals surface area contributed by atoms with Crippen molar-refractivity contribution in [2.45, 2.75) is 13.0 Å². The molecule has 4 heteroatoms. The van der Waals surface area contributed by atoms with E-state index in [4.69, 9.17) is 4.74 Å². The number of nitrogens with zero attached hydrogens (tertiary/aromatic N) is 1. The third-order valence-corrected chi connectivity index (χ3v) is 3.44. The Labute approximate surface area is 136 Å². The van der Waals surface area contributed by atoms with Crippen LogP contribution in [-0.4, -0.2) is 13.0 Å². The van der Waals surface area contributed by atoms with Crippen molar-refractivity contribution in [3.63, 3.8) is 0 Å². The van der Waals surface area contributed by atoms with Gasteiger partial charge in [0.05, 0.1) is 13.2 Å². The van der Waals surface area contributed by atoms with Gasteiger partial charge in [0.1, 0.15) is 17.4 Å². The Hall–Kier alpha value is -3.06. The van der Waals surface area contributed by atoms with Gasteiger partial charge in [0.25, 0.3) is 5.91 Å². The number of hydrogen-bond acceptors (Lipinski definition) is 3. The van der Waals surface area contributed by atoms with Gasteiger partial charge in [0, 0.05) is 0 Å². The number of nitriles is 1.